The van der Waals surface area contributed by atoms with E-state index >= 15 is 0 Å². The molecule has 1 fully saturated rings. The topological polar surface area (TPSA) is 52.6 Å². The predicted octanol–water partition coefficient (Wildman–Crippen LogP) is 3.26. The third-order valence-corrected chi connectivity index (χ3v) is 4.37. The minimum atomic E-state index is 0.000724. The second kappa shape index (κ2) is 8.42. The van der Waals surface area contributed by atoms with Crippen LogP contribution in [0.1, 0.15) is 23.2 Å². The number of halogens is 2. The number of carbonyl (C=O) groups excluding carboxylic acids is 1. The SMILES string of the molecule is O=C(c1cccc(NC/C(Cl)=C/Cl)c1)N1CCCC(CO)C1. The Bertz CT molecular complexity index is 549. The molecule has 120 valence electrons. The number of anilines is 1. The summed E-state index contributed by atoms with van der Waals surface area (Å²) in [5.41, 5.74) is 2.76. The average Bonchev–Trinajstić information content (AvgIpc) is 2.59. The largest absolute Gasteiger partial charge is 0.396 e. The van der Waals surface area contributed by atoms with Crippen LogP contribution in [0.5, 0.6) is 0 Å². The van der Waals surface area contributed by atoms with E-state index in [1.54, 1.807) is 6.07 Å². The number of hydrogen-bond acceptors (Lipinski definition) is 3. The summed E-state index contributed by atoms with van der Waals surface area (Å²) in [7, 11) is 0. The summed E-state index contributed by atoms with van der Waals surface area (Å²) in [6.45, 7) is 1.91. The molecule has 1 amide bonds. The third kappa shape index (κ3) is 4.63. The quantitative estimate of drug-likeness (QED) is 0.863. The lowest BCUT2D eigenvalue weighted by Gasteiger charge is -2.32. The van der Waals surface area contributed by atoms with Gasteiger partial charge >= 0.3 is 0 Å². The maximum Gasteiger partial charge on any atom is 0.253 e. The molecule has 0 bridgehead atoms. The molecule has 6 heteroatoms. The number of piperidine rings is 1. The Morgan fingerprint density at radius 2 is 2.32 bits per heavy atom. The van der Waals surface area contributed by atoms with Gasteiger partial charge in [0.1, 0.15) is 0 Å². The minimum absolute atomic E-state index is 0.000724. The van der Waals surface area contributed by atoms with Crippen LogP contribution in [0, 0.1) is 5.92 Å². The number of nitrogens with zero attached hydrogens (tertiary/aromatic N) is 1. The summed E-state index contributed by atoms with van der Waals surface area (Å²) in [6.07, 6.45) is 1.91. The zero-order chi connectivity index (χ0) is 15.9. The molecule has 1 unspecified atom stereocenters. The number of likely N-dealkylation sites (tertiary alicyclic amines) is 1. The molecular formula is C16H20Cl2N2O2. The van der Waals surface area contributed by atoms with Gasteiger partial charge in [0.05, 0.1) is 6.54 Å². The lowest BCUT2D eigenvalue weighted by molar-refractivity contribution is 0.0621. The highest BCUT2D eigenvalue weighted by atomic mass is 35.5. The van der Waals surface area contributed by atoms with Crippen molar-refractivity contribution < 1.29 is 9.90 Å². The second-order valence-electron chi connectivity index (χ2n) is 5.43. The van der Waals surface area contributed by atoms with E-state index in [0.29, 0.717) is 23.7 Å². The fourth-order valence-corrected chi connectivity index (χ4v) is 2.71. The van der Waals surface area contributed by atoms with Crippen LogP contribution < -0.4 is 5.32 Å². The molecule has 0 spiro atoms. The van der Waals surface area contributed by atoms with Crippen molar-refractivity contribution in [1.29, 1.82) is 0 Å². The van der Waals surface area contributed by atoms with Crippen LogP contribution in [0.4, 0.5) is 5.69 Å². The Morgan fingerprint density at radius 1 is 1.50 bits per heavy atom. The van der Waals surface area contributed by atoms with E-state index in [9.17, 15) is 9.90 Å². The van der Waals surface area contributed by atoms with Gasteiger partial charge in [-0.05, 0) is 37.0 Å². The maximum atomic E-state index is 12.6. The van der Waals surface area contributed by atoms with Gasteiger partial charge in [-0.3, -0.25) is 4.79 Å². The summed E-state index contributed by atoms with van der Waals surface area (Å²) in [4.78, 5) is 14.4. The van der Waals surface area contributed by atoms with Crippen LogP contribution in [-0.4, -0.2) is 42.2 Å². The van der Waals surface area contributed by atoms with E-state index in [-0.39, 0.29) is 18.4 Å². The Morgan fingerprint density at radius 3 is 3.05 bits per heavy atom. The number of aliphatic hydroxyl groups is 1. The molecule has 0 aliphatic carbocycles. The summed E-state index contributed by atoms with van der Waals surface area (Å²) in [6, 6.07) is 7.32. The standard InChI is InChI=1S/C16H20Cl2N2O2/c17-8-14(18)9-19-15-5-1-4-13(7-15)16(22)20-6-2-3-12(10-20)11-21/h1,4-5,7-8,12,19,21H,2-3,6,9-11H2/b14-8-. The second-order valence-corrected chi connectivity index (χ2v) is 6.14. The fraction of sp³-hybridized carbons (Fsp3) is 0.438. The number of hydrogen-bond donors (Lipinski definition) is 2. The van der Waals surface area contributed by atoms with E-state index in [1.807, 2.05) is 23.1 Å². The highest BCUT2D eigenvalue weighted by Crippen LogP contribution is 2.20. The lowest BCUT2D eigenvalue weighted by atomic mass is 9.98. The highest BCUT2D eigenvalue weighted by Gasteiger charge is 2.24. The number of rotatable bonds is 5. The molecule has 1 aliphatic heterocycles. The molecule has 1 saturated heterocycles. The molecule has 2 rings (SSSR count). The van der Waals surface area contributed by atoms with Crippen molar-refractivity contribution in [1.82, 2.24) is 4.90 Å². The van der Waals surface area contributed by atoms with E-state index in [0.717, 1.165) is 25.1 Å². The van der Waals surface area contributed by atoms with Gasteiger partial charge in [0.15, 0.2) is 0 Å². The smallest absolute Gasteiger partial charge is 0.253 e. The van der Waals surface area contributed by atoms with Gasteiger partial charge < -0.3 is 15.3 Å². The normalized spacial score (nSPS) is 19.1. The highest BCUT2D eigenvalue weighted by molar-refractivity contribution is 6.36. The maximum absolute atomic E-state index is 12.6. The first-order chi connectivity index (χ1) is 10.6. The molecule has 1 atom stereocenters. The van der Waals surface area contributed by atoms with E-state index in [1.165, 1.54) is 5.54 Å². The van der Waals surface area contributed by atoms with Gasteiger partial charge in [0, 0.05) is 41.5 Å². The van der Waals surface area contributed by atoms with Gasteiger partial charge in [0.2, 0.25) is 0 Å². The summed E-state index contributed by atoms with van der Waals surface area (Å²) in [5.74, 6) is 0.187. The van der Waals surface area contributed by atoms with Crippen LogP contribution in [0.15, 0.2) is 34.8 Å². The zero-order valence-corrected chi connectivity index (χ0v) is 13.8. The van der Waals surface area contributed by atoms with Crippen molar-refractivity contribution in [3.8, 4) is 0 Å². The average molecular weight is 343 g/mol. The molecular weight excluding hydrogens is 323 g/mol. The zero-order valence-electron chi connectivity index (χ0n) is 12.3. The first-order valence-electron chi connectivity index (χ1n) is 7.33. The summed E-state index contributed by atoms with van der Waals surface area (Å²) >= 11 is 11.4. The van der Waals surface area contributed by atoms with Gasteiger partial charge in [-0.2, -0.15) is 0 Å². The Hall–Kier alpha value is -1.23. The van der Waals surface area contributed by atoms with Gasteiger partial charge in [-0.15, -0.1) is 0 Å². The van der Waals surface area contributed by atoms with Crippen molar-refractivity contribution in [3.05, 3.63) is 40.4 Å². The molecule has 1 aromatic carbocycles. The number of benzene rings is 1. The van der Waals surface area contributed by atoms with E-state index in [2.05, 4.69) is 5.32 Å². The van der Waals surface area contributed by atoms with Crippen LogP contribution in [-0.2, 0) is 0 Å². The number of carbonyl (C=O) groups is 1. The fourth-order valence-electron chi connectivity index (χ4n) is 2.57. The van der Waals surface area contributed by atoms with Crippen molar-refractivity contribution in [2.45, 2.75) is 12.8 Å². The lowest BCUT2D eigenvalue weighted by Crippen LogP contribution is -2.40. The first-order valence-corrected chi connectivity index (χ1v) is 8.14. The molecule has 1 aliphatic rings. The third-order valence-electron chi connectivity index (χ3n) is 3.75. The Labute approximate surface area is 140 Å². The molecule has 4 nitrogen and oxygen atoms in total. The molecule has 2 N–H and O–H groups in total. The van der Waals surface area contributed by atoms with E-state index < -0.39 is 0 Å². The van der Waals surface area contributed by atoms with Gasteiger partial charge in [0.25, 0.3) is 5.91 Å². The van der Waals surface area contributed by atoms with Crippen molar-refractivity contribution >= 4 is 34.8 Å². The van der Waals surface area contributed by atoms with Crippen LogP contribution >= 0.6 is 23.2 Å². The van der Waals surface area contributed by atoms with Crippen molar-refractivity contribution in [3.63, 3.8) is 0 Å². The summed E-state index contributed by atoms with van der Waals surface area (Å²) < 4.78 is 0. The monoisotopic (exact) mass is 342 g/mol. The summed E-state index contributed by atoms with van der Waals surface area (Å²) in [5, 5.41) is 12.9. The van der Waals surface area contributed by atoms with E-state index in [4.69, 9.17) is 23.2 Å². The predicted molar refractivity (Wildman–Crippen MR) is 90.4 cm³/mol. The van der Waals surface area contributed by atoms with Crippen LogP contribution in [0.2, 0.25) is 0 Å². The number of aliphatic hydroxyl groups excluding tert-OH is 1. The number of nitrogens with one attached hydrogen (secondary N) is 1. The molecule has 0 saturated carbocycles. The van der Waals surface area contributed by atoms with Gasteiger partial charge in [-0.25, -0.2) is 0 Å². The number of amides is 1. The minimum Gasteiger partial charge on any atom is -0.396 e. The van der Waals surface area contributed by atoms with Crippen molar-refractivity contribution in [2.24, 2.45) is 5.92 Å². The van der Waals surface area contributed by atoms with Gasteiger partial charge in [-0.1, -0.05) is 29.3 Å². The Kier molecular flexibility index (Phi) is 6.55. The molecule has 1 aromatic rings. The van der Waals surface area contributed by atoms with Crippen LogP contribution in [0.3, 0.4) is 0 Å². The Balaban J connectivity index is 2.03. The molecule has 0 radical (unpaired) electrons. The van der Waals surface area contributed by atoms with Crippen LogP contribution in [0.25, 0.3) is 0 Å². The molecule has 1 heterocycles. The molecule has 22 heavy (non-hydrogen) atoms. The first kappa shape index (κ1) is 17.1. The molecule has 0 aromatic heterocycles. The van der Waals surface area contributed by atoms with Crippen molar-refractivity contribution in [2.75, 3.05) is 31.6 Å².